The summed E-state index contributed by atoms with van der Waals surface area (Å²) < 4.78 is 1.93. The van der Waals surface area contributed by atoms with Gasteiger partial charge in [0.2, 0.25) is 0 Å². The van der Waals surface area contributed by atoms with Crippen molar-refractivity contribution in [2.45, 2.75) is 32.9 Å². The highest BCUT2D eigenvalue weighted by Gasteiger charge is 2.16. The highest BCUT2D eigenvalue weighted by Crippen LogP contribution is 2.28. The van der Waals surface area contributed by atoms with Gasteiger partial charge in [0.25, 0.3) is 0 Å². The molecule has 0 radical (unpaired) electrons. The monoisotopic (exact) mass is 311 g/mol. The molecule has 0 aliphatic carbocycles. The van der Waals surface area contributed by atoms with Gasteiger partial charge in [-0.25, -0.2) is 0 Å². The number of benzene rings is 1. The zero-order valence-electron chi connectivity index (χ0n) is 11.7. The number of likely N-dealkylation sites (N-methyl/N-ethyl adjacent to an activating group) is 1. The van der Waals surface area contributed by atoms with E-state index in [4.69, 9.17) is 23.2 Å². The Balaban J connectivity index is 2.23. The molecular weight excluding hydrogens is 293 g/mol. The van der Waals surface area contributed by atoms with Crippen LogP contribution in [0.2, 0.25) is 10.0 Å². The second-order valence-electron chi connectivity index (χ2n) is 4.68. The Hall–Kier alpha value is -1.03. The van der Waals surface area contributed by atoms with Crippen molar-refractivity contribution < 1.29 is 0 Å². The first-order chi connectivity index (χ1) is 9.63. The van der Waals surface area contributed by atoms with Crippen LogP contribution in [0.3, 0.4) is 0 Å². The van der Waals surface area contributed by atoms with Crippen molar-refractivity contribution in [3.05, 3.63) is 51.8 Å². The quantitative estimate of drug-likeness (QED) is 0.870. The van der Waals surface area contributed by atoms with Crippen LogP contribution in [0.5, 0.6) is 0 Å². The summed E-state index contributed by atoms with van der Waals surface area (Å²) in [6, 6.07) is 5.73. The molecule has 0 saturated carbocycles. The Morgan fingerprint density at radius 2 is 2.10 bits per heavy atom. The van der Waals surface area contributed by atoms with E-state index in [9.17, 15) is 0 Å². The van der Waals surface area contributed by atoms with Gasteiger partial charge < -0.3 is 5.32 Å². The minimum atomic E-state index is 0.140. The van der Waals surface area contributed by atoms with E-state index < -0.39 is 0 Å². The third kappa shape index (κ3) is 3.75. The average Bonchev–Trinajstić information content (AvgIpc) is 2.89. The summed E-state index contributed by atoms with van der Waals surface area (Å²) in [6.45, 7) is 5.91. The Morgan fingerprint density at radius 3 is 2.75 bits per heavy atom. The molecule has 2 rings (SSSR count). The normalized spacial score (nSPS) is 12.6. The lowest BCUT2D eigenvalue weighted by Crippen LogP contribution is -2.23. The number of hydrogen-bond acceptors (Lipinski definition) is 2. The molecule has 1 N–H and O–H groups in total. The third-order valence-electron chi connectivity index (χ3n) is 3.23. The number of nitrogens with one attached hydrogen (secondary N) is 1. The summed E-state index contributed by atoms with van der Waals surface area (Å²) in [5.41, 5.74) is 2.22. The predicted molar refractivity (Wildman–Crippen MR) is 84.5 cm³/mol. The molecule has 1 unspecified atom stereocenters. The Labute approximate surface area is 129 Å². The van der Waals surface area contributed by atoms with Crippen LogP contribution in [0.15, 0.2) is 30.6 Å². The zero-order chi connectivity index (χ0) is 14.5. The maximum atomic E-state index is 6.31. The molecule has 5 heteroatoms. The van der Waals surface area contributed by atoms with Gasteiger partial charge in [-0.2, -0.15) is 5.10 Å². The fourth-order valence-electron chi connectivity index (χ4n) is 2.24. The van der Waals surface area contributed by atoms with Gasteiger partial charge in [-0.1, -0.05) is 30.1 Å². The van der Waals surface area contributed by atoms with E-state index in [1.165, 1.54) is 5.56 Å². The smallest absolute Gasteiger partial charge is 0.0522 e. The van der Waals surface area contributed by atoms with Crippen LogP contribution < -0.4 is 5.32 Å². The van der Waals surface area contributed by atoms with Crippen LogP contribution >= 0.6 is 23.2 Å². The van der Waals surface area contributed by atoms with Crippen molar-refractivity contribution >= 4 is 23.2 Å². The maximum Gasteiger partial charge on any atom is 0.0522 e. The first-order valence-electron chi connectivity index (χ1n) is 6.83. The van der Waals surface area contributed by atoms with E-state index >= 15 is 0 Å². The van der Waals surface area contributed by atoms with Gasteiger partial charge in [0, 0.05) is 28.8 Å². The molecule has 0 aliphatic rings. The SMILES string of the molecule is CCNC(Cc1cnn(CC)c1)c1cc(Cl)ccc1Cl. The lowest BCUT2D eigenvalue weighted by molar-refractivity contribution is 0.549. The molecule has 0 spiro atoms. The van der Waals surface area contributed by atoms with Crippen molar-refractivity contribution in [1.29, 1.82) is 0 Å². The molecule has 1 atom stereocenters. The molecule has 2 aromatic rings. The molecule has 1 aromatic carbocycles. The molecular formula is C15H19Cl2N3. The van der Waals surface area contributed by atoms with Gasteiger partial charge in [-0.3, -0.25) is 4.68 Å². The highest BCUT2D eigenvalue weighted by molar-refractivity contribution is 6.33. The Bertz CT molecular complexity index is 566. The topological polar surface area (TPSA) is 29.9 Å². The zero-order valence-corrected chi connectivity index (χ0v) is 13.2. The molecule has 0 bridgehead atoms. The third-order valence-corrected chi connectivity index (χ3v) is 3.81. The summed E-state index contributed by atoms with van der Waals surface area (Å²) in [5.74, 6) is 0. The molecule has 1 aromatic heterocycles. The number of hydrogen-bond donors (Lipinski definition) is 1. The van der Waals surface area contributed by atoms with E-state index in [1.807, 2.05) is 29.1 Å². The van der Waals surface area contributed by atoms with Gasteiger partial charge >= 0.3 is 0 Å². The largest absolute Gasteiger partial charge is 0.310 e. The minimum absolute atomic E-state index is 0.140. The summed E-state index contributed by atoms with van der Waals surface area (Å²) >= 11 is 12.4. The number of halogens is 2. The summed E-state index contributed by atoms with van der Waals surface area (Å²) in [4.78, 5) is 0. The molecule has 108 valence electrons. The van der Waals surface area contributed by atoms with Gasteiger partial charge in [-0.05, 0) is 49.2 Å². The first kappa shape index (κ1) is 15.4. The van der Waals surface area contributed by atoms with Crippen molar-refractivity contribution in [2.24, 2.45) is 0 Å². The van der Waals surface area contributed by atoms with Crippen LogP contribution in [0.4, 0.5) is 0 Å². The average molecular weight is 312 g/mol. The van der Waals surface area contributed by atoms with Gasteiger partial charge in [-0.15, -0.1) is 0 Å². The summed E-state index contributed by atoms with van der Waals surface area (Å²) in [6.07, 6.45) is 4.82. The fourth-order valence-corrected chi connectivity index (χ4v) is 2.67. The fraction of sp³-hybridized carbons (Fsp3) is 0.400. The molecule has 0 amide bonds. The van der Waals surface area contributed by atoms with Crippen LogP contribution in [-0.2, 0) is 13.0 Å². The number of aromatic nitrogens is 2. The number of nitrogens with zero attached hydrogens (tertiary/aromatic N) is 2. The second-order valence-corrected chi connectivity index (χ2v) is 5.53. The van der Waals surface area contributed by atoms with Crippen LogP contribution in [0.1, 0.15) is 31.0 Å². The molecule has 1 heterocycles. The van der Waals surface area contributed by atoms with Crippen molar-refractivity contribution in [1.82, 2.24) is 15.1 Å². The molecule has 20 heavy (non-hydrogen) atoms. The standard InChI is InChI=1S/C15H19Cl2N3/c1-3-18-15(7-11-9-19-20(4-2)10-11)13-8-12(16)5-6-14(13)17/h5-6,8-10,15,18H,3-4,7H2,1-2H3. The van der Waals surface area contributed by atoms with E-state index in [0.29, 0.717) is 5.02 Å². The molecule has 3 nitrogen and oxygen atoms in total. The van der Waals surface area contributed by atoms with E-state index in [2.05, 4.69) is 30.5 Å². The maximum absolute atomic E-state index is 6.31. The number of aryl methyl sites for hydroxylation is 1. The van der Waals surface area contributed by atoms with Crippen molar-refractivity contribution in [3.63, 3.8) is 0 Å². The first-order valence-corrected chi connectivity index (χ1v) is 7.59. The Kier molecular flexibility index (Phi) is 5.46. The molecule has 0 saturated heterocycles. The van der Waals surface area contributed by atoms with Crippen LogP contribution in [0.25, 0.3) is 0 Å². The summed E-state index contributed by atoms with van der Waals surface area (Å²) in [7, 11) is 0. The second kappa shape index (κ2) is 7.11. The lowest BCUT2D eigenvalue weighted by Gasteiger charge is -2.19. The minimum Gasteiger partial charge on any atom is -0.310 e. The number of rotatable bonds is 6. The van der Waals surface area contributed by atoms with Crippen molar-refractivity contribution in [2.75, 3.05) is 6.54 Å². The summed E-state index contributed by atoms with van der Waals surface area (Å²) in [5, 5.41) is 9.22. The van der Waals surface area contributed by atoms with Crippen LogP contribution in [0, 0.1) is 0 Å². The Morgan fingerprint density at radius 1 is 1.30 bits per heavy atom. The predicted octanol–water partition coefficient (Wildman–Crippen LogP) is 4.10. The van der Waals surface area contributed by atoms with Crippen LogP contribution in [-0.4, -0.2) is 16.3 Å². The highest BCUT2D eigenvalue weighted by atomic mass is 35.5. The van der Waals surface area contributed by atoms with E-state index in [1.54, 1.807) is 0 Å². The van der Waals surface area contributed by atoms with E-state index in [0.717, 1.165) is 30.1 Å². The lowest BCUT2D eigenvalue weighted by atomic mass is 10.0. The van der Waals surface area contributed by atoms with Gasteiger partial charge in [0.15, 0.2) is 0 Å². The molecule has 0 aliphatic heterocycles. The van der Waals surface area contributed by atoms with Gasteiger partial charge in [0.1, 0.15) is 0 Å². The van der Waals surface area contributed by atoms with Gasteiger partial charge in [0.05, 0.1) is 6.20 Å². The van der Waals surface area contributed by atoms with E-state index in [-0.39, 0.29) is 6.04 Å². The molecule has 0 fully saturated rings. The van der Waals surface area contributed by atoms with Crippen molar-refractivity contribution in [3.8, 4) is 0 Å².